The number of carbonyl (C=O) groups excluding carboxylic acids is 1. The molecule has 0 unspecified atom stereocenters. The Morgan fingerprint density at radius 3 is 2.88 bits per heavy atom. The number of anilines is 1. The maximum atomic E-state index is 12.1. The number of benzene rings is 1. The van der Waals surface area contributed by atoms with Crippen LogP contribution in [0.25, 0.3) is 11.2 Å². The number of nitrogens with zero attached hydrogens (tertiary/aromatic N) is 3. The molecular weight excluding hydrogens is 328 g/mol. The molecular formula is C16H17ClN6O. The summed E-state index contributed by atoms with van der Waals surface area (Å²) in [6.07, 6.45) is 1.84. The fourth-order valence-electron chi connectivity index (χ4n) is 2.37. The van der Waals surface area contributed by atoms with Gasteiger partial charge in [0.2, 0.25) is 11.2 Å². The largest absolute Gasteiger partial charge is 0.368 e. The van der Waals surface area contributed by atoms with Crippen LogP contribution in [0.3, 0.4) is 0 Å². The Bertz CT molecular complexity index is 835. The number of imidazole rings is 1. The number of hydrogen-bond donors (Lipinski definition) is 3. The number of aromatic amines is 1. The number of carbonyl (C=O) groups is 1. The highest BCUT2D eigenvalue weighted by molar-refractivity contribution is 6.28. The summed E-state index contributed by atoms with van der Waals surface area (Å²) in [6, 6.07) is 9.79. The summed E-state index contributed by atoms with van der Waals surface area (Å²) in [5.41, 5.74) is 2.22. The highest BCUT2D eigenvalue weighted by Crippen LogP contribution is 2.18. The van der Waals surface area contributed by atoms with Gasteiger partial charge in [0.1, 0.15) is 5.52 Å². The lowest BCUT2D eigenvalue weighted by atomic mass is 10.1. The smallest absolute Gasteiger partial charge is 0.226 e. The molecule has 1 aromatic carbocycles. The van der Waals surface area contributed by atoms with E-state index in [1.54, 1.807) is 0 Å². The summed E-state index contributed by atoms with van der Waals surface area (Å²) in [6.45, 7) is 2.38. The van der Waals surface area contributed by atoms with Gasteiger partial charge in [-0.05, 0) is 24.1 Å². The molecule has 1 amide bonds. The molecule has 1 atom stereocenters. The van der Waals surface area contributed by atoms with Crippen molar-refractivity contribution in [1.29, 1.82) is 0 Å². The molecule has 0 aliphatic rings. The Balaban J connectivity index is 1.54. The first kappa shape index (κ1) is 16.2. The molecule has 0 fully saturated rings. The minimum absolute atomic E-state index is 0.0356. The SMILES string of the molecule is C[C@@H](NC(=O)CCNc1nc(Cl)nc2nc[nH]c12)c1ccccc1. The molecule has 8 heteroatoms. The third-order valence-corrected chi connectivity index (χ3v) is 3.75. The van der Waals surface area contributed by atoms with Crippen LogP contribution in [0.5, 0.6) is 0 Å². The molecule has 0 saturated heterocycles. The standard InChI is InChI=1S/C16H17ClN6O/c1-10(11-5-3-2-4-6-11)21-12(24)7-8-18-14-13-15(20-9-19-13)23-16(17)22-14/h2-6,9-10H,7-8H2,1H3,(H,21,24)(H2,18,19,20,22,23)/t10-/m1/s1. The van der Waals surface area contributed by atoms with Crippen LogP contribution < -0.4 is 10.6 Å². The Kier molecular flexibility index (Phi) is 4.90. The van der Waals surface area contributed by atoms with Crippen molar-refractivity contribution in [3.8, 4) is 0 Å². The van der Waals surface area contributed by atoms with Gasteiger partial charge in [0.05, 0.1) is 12.4 Å². The number of rotatable bonds is 6. The molecule has 3 N–H and O–H groups in total. The van der Waals surface area contributed by atoms with E-state index in [1.807, 2.05) is 37.3 Å². The number of H-pyrrole nitrogens is 1. The van der Waals surface area contributed by atoms with Gasteiger partial charge in [-0.15, -0.1) is 0 Å². The zero-order valence-electron chi connectivity index (χ0n) is 13.1. The zero-order chi connectivity index (χ0) is 16.9. The second-order valence-corrected chi connectivity index (χ2v) is 5.66. The molecule has 3 rings (SSSR count). The van der Waals surface area contributed by atoms with E-state index in [4.69, 9.17) is 11.6 Å². The molecule has 0 aliphatic heterocycles. The molecule has 0 radical (unpaired) electrons. The van der Waals surface area contributed by atoms with E-state index in [0.29, 0.717) is 29.9 Å². The van der Waals surface area contributed by atoms with Gasteiger partial charge in [0.25, 0.3) is 0 Å². The Morgan fingerprint density at radius 2 is 2.08 bits per heavy atom. The Morgan fingerprint density at radius 1 is 1.29 bits per heavy atom. The fourth-order valence-corrected chi connectivity index (χ4v) is 2.53. The molecule has 2 heterocycles. The van der Waals surface area contributed by atoms with Crippen LogP contribution in [0.4, 0.5) is 5.82 Å². The van der Waals surface area contributed by atoms with Crippen molar-refractivity contribution in [3.63, 3.8) is 0 Å². The maximum absolute atomic E-state index is 12.1. The van der Waals surface area contributed by atoms with E-state index >= 15 is 0 Å². The molecule has 24 heavy (non-hydrogen) atoms. The number of amides is 1. The van der Waals surface area contributed by atoms with Gasteiger partial charge in [0, 0.05) is 13.0 Å². The molecule has 0 aliphatic carbocycles. The average Bonchev–Trinajstić information content (AvgIpc) is 3.04. The first-order chi connectivity index (χ1) is 11.6. The molecule has 0 bridgehead atoms. The maximum Gasteiger partial charge on any atom is 0.226 e. The zero-order valence-corrected chi connectivity index (χ0v) is 13.8. The molecule has 124 valence electrons. The van der Waals surface area contributed by atoms with Crippen LogP contribution in [0.15, 0.2) is 36.7 Å². The second kappa shape index (κ2) is 7.27. The van der Waals surface area contributed by atoms with Crippen LogP contribution in [0, 0.1) is 0 Å². The Labute approximate surface area is 143 Å². The third kappa shape index (κ3) is 3.80. The van der Waals surface area contributed by atoms with Gasteiger partial charge in [-0.3, -0.25) is 4.79 Å². The van der Waals surface area contributed by atoms with E-state index in [-0.39, 0.29) is 17.2 Å². The van der Waals surface area contributed by atoms with Gasteiger partial charge < -0.3 is 15.6 Å². The lowest BCUT2D eigenvalue weighted by Gasteiger charge is -2.14. The normalized spacial score (nSPS) is 12.1. The molecule has 0 saturated carbocycles. The molecule has 2 aromatic heterocycles. The van der Waals surface area contributed by atoms with Gasteiger partial charge in [0.15, 0.2) is 11.5 Å². The van der Waals surface area contributed by atoms with Crippen molar-refractivity contribution in [2.45, 2.75) is 19.4 Å². The number of halogens is 1. The van der Waals surface area contributed by atoms with Crippen molar-refractivity contribution in [1.82, 2.24) is 25.3 Å². The molecule has 0 spiro atoms. The Hall–Kier alpha value is -2.67. The van der Waals surface area contributed by atoms with Crippen molar-refractivity contribution in [2.75, 3.05) is 11.9 Å². The second-order valence-electron chi connectivity index (χ2n) is 5.32. The molecule has 3 aromatic rings. The van der Waals surface area contributed by atoms with Crippen LogP contribution in [-0.4, -0.2) is 32.4 Å². The number of aromatic nitrogens is 4. The average molecular weight is 345 g/mol. The topological polar surface area (TPSA) is 95.6 Å². The first-order valence-corrected chi connectivity index (χ1v) is 7.96. The summed E-state index contributed by atoms with van der Waals surface area (Å²) in [7, 11) is 0. The van der Waals surface area contributed by atoms with Crippen LogP contribution in [0.2, 0.25) is 5.28 Å². The van der Waals surface area contributed by atoms with E-state index < -0.39 is 0 Å². The summed E-state index contributed by atoms with van der Waals surface area (Å²) < 4.78 is 0. The van der Waals surface area contributed by atoms with E-state index in [0.717, 1.165) is 5.56 Å². The third-order valence-electron chi connectivity index (χ3n) is 3.58. The summed E-state index contributed by atoms with van der Waals surface area (Å²) in [5, 5.41) is 6.17. The van der Waals surface area contributed by atoms with Crippen molar-refractivity contribution in [2.24, 2.45) is 0 Å². The van der Waals surface area contributed by atoms with Gasteiger partial charge >= 0.3 is 0 Å². The lowest BCUT2D eigenvalue weighted by Crippen LogP contribution is -2.28. The minimum Gasteiger partial charge on any atom is -0.368 e. The monoisotopic (exact) mass is 344 g/mol. The number of hydrogen-bond acceptors (Lipinski definition) is 5. The van der Waals surface area contributed by atoms with Crippen molar-refractivity contribution < 1.29 is 4.79 Å². The van der Waals surface area contributed by atoms with Crippen LogP contribution in [0.1, 0.15) is 24.9 Å². The van der Waals surface area contributed by atoms with E-state index in [9.17, 15) is 4.79 Å². The first-order valence-electron chi connectivity index (χ1n) is 7.58. The van der Waals surface area contributed by atoms with Gasteiger partial charge in [-0.2, -0.15) is 9.97 Å². The van der Waals surface area contributed by atoms with E-state index in [1.165, 1.54) is 6.33 Å². The minimum atomic E-state index is -0.0418. The van der Waals surface area contributed by atoms with E-state index in [2.05, 4.69) is 30.6 Å². The van der Waals surface area contributed by atoms with Crippen molar-refractivity contribution in [3.05, 3.63) is 47.5 Å². The van der Waals surface area contributed by atoms with Crippen LogP contribution >= 0.6 is 11.6 Å². The lowest BCUT2D eigenvalue weighted by molar-refractivity contribution is -0.121. The predicted molar refractivity (Wildman–Crippen MR) is 92.8 cm³/mol. The predicted octanol–water partition coefficient (Wildman–Crippen LogP) is 2.69. The highest BCUT2D eigenvalue weighted by atomic mass is 35.5. The molecule has 7 nitrogen and oxygen atoms in total. The highest BCUT2D eigenvalue weighted by Gasteiger charge is 2.11. The van der Waals surface area contributed by atoms with Crippen LogP contribution in [-0.2, 0) is 4.79 Å². The summed E-state index contributed by atoms with van der Waals surface area (Å²) in [4.78, 5) is 27.2. The number of fused-ring (bicyclic) bond motifs is 1. The number of nitrogens with one attached hydrogen (secondary N) is 3. The summed E-state index contributed by atoms with van der Waals surface area (Å²) >= 11 is 5.86. The quantitative estimate of drug-likeness (QED) is 0.597. The van der Waals surface area contributed by atoms with Gasteiger partial charge in [-0.1, -0.05) is 30.3 Å². The fraction of sp³-hybridized carbons (Fsp3) is 0.250. The summed E-state index contributed by atoms with van der Waals surface area (Å²) in [5.74, 6) is 0.492. The van der Waals surface area contributed by atoms with Crippen molar-refractivity contribution >= 4 is 34.5 Å². The van der Waals surface area contributed by atoms with Gasteiger partial charge in [-0.25, -0.2) is 4.98 Å².